The van der Waals surface area contributed by atoms with E-state index in [1.54, 1.807) is 6.07 Å². The molecular weight excluding hydrogens is 177 g/mol. The van der Waals surface area contributed by atoms with E-state index >= 15 is 0 Å². The Hall–Kier alpha value is -1.70. The van der Waals surface area contributed by atoms with Gasteiger partial charge in [0.05, 0.1) is 0 Å². The number of halogens is 1. The molecule has 1 nitrogen and oxygen atoms in total. The van der Waals surface area contributed by atoms with Crippen molar-refractivity contribution >= 4 is 0 Å². The highest BCUT2D eigenvalue weighted by molar-refractivity contribution is 5.62. The Morgan fingerprint density at radius 1 is 1.00 bits per heavy atom. The fourth-order valence-electron chi connectivity index (χ4n) is 1.33. The third kappa shape index (κ3) is 1.79. The lowest BCUT2D eigenvalue weighted by Crippen LogP contribution is -1.83. The van der Waals surface area contributed by atoms with Gasteiger partial charge in [-0.2, -0.15) is 4.39 Å². The summed E-state index contributed by atoms with van der Waals surface area (Å²) in [6.07, 6.45) is 1.48. The third-order valence-electron chi connectivity index (χ3n) is 2.11. The normalized spacial score (nSPS) is 10.1. The Balaban J connectivity index is 2.44. The Labute approximate surface area is 82.2 Å². The van der Waals surface area contributed by atoms with Gasteiger partial charge < -0.3 is 0 Å². The predicted molar refractivity (Wildman–Crippen MR) is 54.4 cm³/mol. The van der Waals surface area contributed by atoms with Crippen LogP contribution in [0.25, 0.3) is 11.1 Å². The van der Waals surface area contributed by atoms with Crippen molar-refractivity contribution in [1.29, 1.82) is 0 Å². The molecule has 0 amide bonds. The van der Waals surface area contributed by atoms with Gasteiger partial charge >= 0.3 is 0 Å². The van der Waals surface area contributed by atoms with Crippen LogP contribution >= 0.6 is 0 Å². The van der Waals surface area contributed by atoms with Crippen molar-refractivity contribution in [3.63, 3.8) is 0 Å². The highest BCUT2D eigenvalue weighted by atomic mass is 19.1. The predicted octanol–water partition coefficient (Wildman–Crippen LogP) is 3.20. The molecule has 0 aliphatic heterocycles. The minimum absolute atomic E-state index is 0.442. The Bertz CT molecular complexity index is 434. The quantitative estimate of drug-likeness (QED) is 0.625. The highest BCUT2D eigenvalue weighted by Crippen LogP contribution is 2.19. The summed E-state index contributed by atoms with van der Waals surface area (Å²) in [6, 6.07) is 11.2. The number of hydrogen-bond donors (Lipinski definition) is 0. The molecule has 14 heavy (non-hydrogen) atoms. The van der Waals surface area contributed by atoms with E-state index in [2.05, 4.69) is 4.98 Å². The third-order valence-corrected chi connectivity index (χ3v) is 2.11. The Morgan fingerprint density at radius 2 is 1.71 bits per heavy atom. The largest absolute Gasteiger partial charge is 0.228 e. The average Bonchev–Trinajstić information content (AvgIpc) is 2.19. The zero-order valence-electron chi connectivity index (χ0n) is 7.87. The van der Waals surface area contributed by atoms with Crippen molar-refractivity contribution in [3.05, 3.63) is 54.1 Å². The van der Waals surface area contributed by atoms with Crippen LogP contribution in [0.3, 0.4) is 0 Å². The fourth-order valence-corrected chi connectivity index (χ4v) is 1.33. The van der Waals surface area contributed by atoms with Crippen LogP contribution < -0.4 is 0 Å². The van der Waals surface area contributed by atoms with Gasteiger partial charge in [0.15, 0.2) is 0 Å². The molecule has 0 fully saturated rings. The van der Waals surface area contributed by atoms with E-state index in [1.165, 1.54) is 17.8 Å². The first-order valence-electron chi connectivity index (χ1n) is 4.44. The molecule has 0 aliphatic carbocycles. The number of pyridine rings is 1. The summed E-state index contributed by atoms with van der Waals surface area (Å²) >= 11 is 0. The van der Waals surface area contributed by atoms with Crippen LogP contribution in [0.2, 0.25) is 0 Å². The second kappa shape index (κ2) is 3.58. The summed E-state index contributed by atoms with van der Waals surface area (Å²) in [6.45, 7) is 2.02. The summed E-state index contributed by atoms with van der Waals surface area (Å²) in [7, 11) is 0. The van der Waals surface area contributed by atoms with Gasteiger partial charge in [-0.1, -0.05) is 29.8 Å². The van der Waals surface area contributed by atoms with Gasteiger partial charge in [-0.15, -0.1) is 0 Å². The SMILES string of the molecule is Cc1ccc(-c2ccnc(F)c2)cc1. The van der Waals surface area contributed by atoms with Crippen LogP contribution in [0.1, 0.15) is 5.56 Å². The molecule has 0 radical (unpaired) electrons. The van der Waals surface area contributed by atoms with E-state index < -0.39 is 5.95 Å². The molecule has 0 saturated carbocycles. The topological polar surface area (TPSA) is 12.9 Å². The molecule has 2 aromatic rings. The van der Waals surface area contributed by atoms with Gasteiger partial charge in [0.1, 0.15) is 0 Å². The molecule has 0 aliphatic rings. The maximum Gasteiger partial charge on any atom is 0.213 e. The lowest BCUT2D eigenvalue weighted by molar-refractivity contribution is 0.584. The maximum atomic E-state index is 12.8. The zero-order valence-corrected chi connectivity index (χ0v) is 7.87. The monoisotopic (exact) mass is 187 g/mol. The molecule has 0 saturated heterocycles. The number of aromatic nitrogens is 1. The van der Waals surface area contributed by atoms with Gasteiger partial charge in [0.2, 0.25) is 5.95 Å². The van der Waals surface area contributed by atoms with Gasteiger partial charge in [0, 0.05) is 12.3 Å². The van der Waals surface area contributed by atoms with Gasteiger partial charge in [-0.25, -0.2) is 4.98 Å². The van der Waals surface area contributed by atoms with Crippen LogP contribution in [0.15, 0.2) is 42.6 Å². The molecule has 2 heteroatoms. The smallest absolute Gasteiger partial charge is 0.213 e. The summed E-state index contributed by atoms with van der Waals surface area (Å²) in [5.74, 6) is -0.442. The Morgan fingerprint density at radius 3 is 2.36 bits per heavy atom. The molecule has 1 heterocycles. The van der Waals surface area contributed by atoms with Crippen molar-refractivity contribution < 1.29 is 4.39 Å². The first kappa shape index (κ1) is 8.88. The lowest BCUT2D eigenvalue weighted by Gasteiger charge is -2.01. The lowest BCUT2D eigenvalue weighted by atomic mass is 10.1. The summed E-state index contributed by atoms with van der Waals surface area (Å²) in [4.78, 5) is 3.52. The summed E-state index contributed by atoms with van der Waals surface area (Å²) in [5, 5.41) is 0. The van der Waals surface area contributed by atoms with Crippen LogP contribution in [-0.2, 0) is 0 Å². The molecular formula is C12H10FN. The second-order valence-electron chi connectivity index (χ2n) is 3.23. The Kier molecular flexibility index (Phi) is 2.27. The summed E-state index contributed by atoms with van der Waals surface area (Å²) in [5.41, 5.74) is 3.07. The number of benzene rings is 1. The van der Waals surface area contributed by atoms with Crippen LogP contribution in [0, 0.1) is 12.9 Å². The van der Waals surface area contributed by atoms with Crippen molar-refractivity contribution in [2.75, 3.05) is 0 Å². The first-order chi connectivity index (χ1) is 6.75. The average molecular weight is 187 g/mol. The first-order valence-corrected chi connectivity index (χ1v) is 4.44. The molecule has 2 rings (SSSR count). The molecule has 0 atom stereocenters. The van der Waals surface area contributed by atoms with E-state index in [-0.39, 0.29) is 0 Å². The maximum absolute atomic E-state index is 12.8. The molecule has 0 unspecified atom stereocenters. The van der Waals surface area contributed by atoms with E-state index in [1.807, 2.05) is 31.2 Å². The van der Waals surface area contributed by atoms with Crippen LogP contribution in [0.4, 0.5) is 4.39 Å². The van der Waals surface area contributed by atoms with Crippen LogP contribution in [-0.4, -0.2) is 4.98 Å². The van der Waals surface area contributed by atoms with E-state index in [9.17, 15) is 4.39 Å². The molecule has 1 aromatic carbocycles. The molecule has 1 aromatic heterocycles. The van der Waals surface area contributed by atoms with Crippen molar-refractivity contribution in [1.82, 2.24) is 4.98 Å². The van der Waals surface area contributed by atoms with Crippen molar-refractivity contribution in [2.45, 2.75) is 6.92 Å². The van der Waals surface area contributed by atoms with E-state index in [0.717, 1.165) is 11.1 Å². The van der Waals surface area contributed by atoms with E-state index in [0.29, 0.717) is 0 Å². The molecule has 70 valence electrons. The molecule has 0 N–H and O–H groups in total. The minimum atomic E-state index is -0.442. The summed E-state index contributed by atoms with van der Waals surface area (Å²) < 4.78 is 12.8. The van der Waals surface area contributed by atoms with Gasteiger partial charge in [0.25, 0.3) is 0 Å². The van der Waals surface area contributed by atoms with Gasteiger partial charge in [-0.05, 0) is 24.1 Å². The van der Waals surface area contributed by atoms with Crippen molar-refractivity contribution in [3.8, 4) is 11.1 Å². The van der Waals surface area contributed by atoms with Crippen LogP contribution in [0.5, 0.6) is 0 Å². The zero-order chi connectivity index (χ0) is 9.97. The fraction of sp³-hybridized carbons (Fsp3) is 0.0833. The number of nitrogens with zero attached hydrogens (tertiary/aromatic N) is 1. The molecule has 0 bridgehead atoms. The standard InChI is InChI=1S/C12H10FN/c1-9-2-4-10(5-3-9)11-6-7-14-12(13)8-11/h2-8H,1H3. The number of rotatable bonds is 1. The number of hydrogen-bond acceptors (Lipinski definition) is 1. The highest BCUT2D eigenvalue weighted by Gasteiger charge is 1.98. The molecule has 0 spiro atoms. The van der Waals surface area contributed by atoms with Crippen molar-refractivity contribution in [2.24, 2.45) is 0 Å². The second-order valence-corrected chi connectivity index (χ2v) is 3.23. The van der Waals surface area contributed by atoms with E-state index in [4.69, 9.17) is 0 Å². The minimum Gasteiger partial charge on any atom is -0.228 e. The van der Waals surface area contributed by atoms with Gasteiger partial charge in [-0.3, -0.25) is 0 Å². The number of aryl methyl sites for hydroxylation is 1.